The van der Waals surface area contributed by atoms with Crippen molar-refractivity contribution in [1.29, 1.82) is 0 Å². The number of halogens is 1. The average Bonchev–Trinajstić information content (AvgIpc) is 2.91. The Morgan fingerprint density at radius 3 is 2.85 bits per heavy atom. The van der Waals surface area contributed by atoms with E-state index in [-0.39, 0.29) is 6.04 Å². The number of rotatable bonds is 4. The number of furan rings is 1. The van der Waals surface area contributed by atoms with Gasteiger partial charge in [-0.3, -0.25) is 0 Å². The van der Waals surface area contributed by atoms with Crippen LogP contribution in [0.3, 0.4) is 0 Å². The Hall–Kier alpha value is -0.840. The fourth-order valence-electron chi connectivity index (χ4n) is 2.91. The van der Waals surface area contributed by atoms with Crippen molar-refractivity contribution in [2.75, 3.05) is 20.3 Å². The third kappa shape index (κ3) is 2.92. The van der Waals surface area contributed by atoms with Crippen molar-refractivity contribution in [2.24, 2.45) is 5.92 Å². The summed E-state index contributed by atoms with van der Waals surface area (Å²) in [6.07, 6.45) is 3.42. The smallest absolute Gasteiger partial charge is 0.148 e. The lowest BCUT2D eigenvalue weighted by Gasteiger charge is -2.25. The van der Waals surface area contributed by atoms with Crippen LogP contribution in [0.4, 0.5) is 0 Å². The molecule has 20 heavy (non-hydrogen) atoms. The first-order chi connectivity index (χ1) is 9.78. The fraction of sp³-hybridized carbons (Fsp3) is 0.500. The van der Waals surface area contributed by atoms with E-state index in [4.69, 9.17) is 9.15 Å². The molecule has 108 valence electrons. The van der Waals surface area contributed by atoms with Gasteiger partial charge in [-0.1, -0.05) is 12.1 Å². The van der Waals surface area contributed by atoms with E-state index in [9.17, 15) is 0 Å². The standard InChI is InChI=1S/C16H20BrNO2/c1-18-14(9-11-5-7-19-8-6-11)15-10-12-3-2-4-13(17)16(12)20-15/h2-4,10-11,14,18H,5-9H2,1H3. The molecule has 1 unspecified atom stereocenters. The quantitative estimate of drug-likeness (QED) is 0.904. The molecule has 3 rings (SSSR count). The van der Waals surface area contributed by atoms with Gasteiger partial charge in [-0.05, 0) is 60.3 Å². The summed E-state index contributed by atoms with van der Waals surface area (Å²) in [5, 5.41) is 4.55. The van der Waals surface area contributed by atoms with Crippen LogP contribution >= 0.6 is 15.9 Å². The highest BCUT2D eigenvalue weighted by Gasteiger charge is 2.22. The summed E-state index contributed by atoms with van der Waals surface area (Å²) in [5.74, 6) is 1.75. The predicted molar refractivity (Wildman–Crippen MR) is 83.9 cm³/mol. The highest BCUT2D eigenvalue weighted by molar-refractivity contribution is 9.10. The van der Waals surface area contributed by atoms with Crippen LogP contribution in [0.2, 0.25) is 0 Å². The minimum absolute atomic E-state index is 0.275. The normalized spacial score (nSPS) is 18.5. The molecular weight excluding hydrogens is 318 g/mol. The maximum atomic E-state index is 6.05. The van der Waals surface area contributed by atoms with E-state index in [1.54, 1.807) is 0 Å². The Labute approximate surface area is 127 Å². The van der Waals surface area contributed by atoms with Crippen molar-refractivity contribution in [2.45, 2.75) is 25.3 Å². The molecule has 1 aliphatic rings. The highest BCUT2D eigenvalue weighted by Crippen LogP contribution is 2.33. The van der Waals surface area contributed by atoms with Gasteiger partial charge in [0.05, 0.1) is 10.5 Å². The zero-order valence-corrected chi connectivity index (χ0v) is 13.3. The molecule has 0 saturated carbocycles. The number of hydrogen-bond donors (Lipinski definition) is 1. The summed E-state index contributed by atoms with van der Waals surface area (Å²) in [6.45, 7) is 1.79. The molecule has 1 fully saturated rings. The van der Waals surface area contributed by atoms with E-state index in [2.05, 4.69) is 33.4 Å². The molecule has 1 aliphatic heterocycles. The molecule has 0 radical (unpaired) electrons. The second-order valence-corrected chi connectivity index (χ2v) is 6.29. The van der Waals surface area contributed by atoms with Gasteiger partial charge in [-0.15, -0.1) is 0 Å². The van der Waals surface area contributed by atoms with E-state index in [1.807, 2.05) is 19.2 Å². The van der Waals surface area contributed by atoms with Gasteiger partial charge in [0.1, 0.15) is 11.3 Å². The SMILES string of the molecule is CNC(CC1CCOCC1)c1cc2cccc(Br)c2o1. The molecule has 1 N–H and O–H groups in total. The number of benzene rings is 1. The number of hydrogen-bond acceptors (Lipinski definition) is 3. The minimum atomic E-state index is 0.275. The van der Waals surface area contributed by atoms with Gasteiger partial charge < -0.3 is 14.5 Å². The van der Waals surface area contributed by atoms with Gasteiger partial charge in [0.25, 0.3) is 0 Å². The van der Waals surface area contributed by atoms with Crippen molar-refractivity contribution >= 4 is 26.9 Å². The fourth-order valence-corrected chi connectivity index (χ4v) is 3.37. The predicted octanol–water partition coefficient (Wildman–Crippen LogP) is 4.27. The maximum absolute atomic E-state index is 6.05. The number of fused-ring (bicyclic) bond motifs is 1. The number of para-hydroxylation sites is 1. The lowest BCUT2D eigenvalue weighted by atomic mass is 9.91. The summed E-state index contributed by atoms with van der Waals surface area (Å²) < 4.78 is 12.5. The van der Waals surface area contributed by atoms with Crippen molar-refractivity contribution in [3.63, 3.8) is 0 Å². The molecule has 0 bridgehead atoms. The maximum Gasteiger partial charge on any atom is 0.148 e. The van der Waals surface area contributed by atoms with Crippen molar-refractivity contribution in [3.8, 4) is 0 Å². The van der Waals surface area contributed by atoms with Crippen molar-refractivity contribution in [3.05, 3.63) is 34.5 Å². The van der Waals surface area contributed by atoms with Gasteiger partial charge in [0, 0.05) is 18.6 Å². The van der Waals surface area contributed by atoms with Crippen LogP contribution in [-0.4, -0.2) is 20.3 Å². The summed E-state index contributed by atoms with van der Waals surface area (Å²) in [5.41, 5.74) is 0.940. The third-order valence-electron chi connectivity index (χ3n) is 4.12. The summed E-state index contributed by atoms with van der Waals surface area (Å²) in [7, 11) is 2.01. The third-order valence-corrected chi connectivity index (χ3v) is 4.74. The van der Waals surface area contributed by atoms with Gasteiger partial charge in [0.2, 0.25) is 0 Å². The Morgan fingerprint density at radius 1 is 1.35 bits per heavy atom. The molecule has 1 atom stereocenters. The molecule has 4 heteroatoms. The molecule has 1 saturated heterocycles. The second-order valence-electron chi connectivity index (χ2n) is 5.44. The summed E-state index contributed by atoms with van der Waals surface area (Å²) in [4.78, 5) is 0. The Kier molecular flexibility index (Phi) is 4.44. The van der Waals surface area contributed by atoms with Crippen LogP contribution in [0.1, 0.15) is 31.1 Å². The lowest BCUT2D eigenvalue weighted by molar-refractivity contribution is 0.0600. The van der Waals surface area contributed by atoms with Crippen LogP contribution < -0.4 is 5.32 Å². The molecule has 0 amide bonds. The number of nitrogens with one attached hydrogen (secondary N) is 1. The van der Waals surface area contributed by atoms with E-state index in [1.165, 1.54) is 0 Å². The molecular formula is C16H20BrNO2. The van der Waals surface area contributed by atoms with Crippen LogP contribution in [0, 0.1) is 5.92 Å². The molecule has 3 nitrogen and oxygen atoms in total. The van der Waals surface area contributed by atoms with Crippen LogP contribution in [0.15, 0.2) is 33.2 Å². The van der Waals surface area contributed by atoms with Crippen molar-refractivity contribution in [1.82, 2.24) is 5.32 Å². The molecule has 0 spiro atoms. The monoisotopic (exact) mass is 337 g/mol. The topological polar surface area (TPSA) is 34.4 Å². The summed E-state index contributed by atoms with van der Waals surface area (Å²) in [6, 6.07) is 8.58. The second kappa shape index (κ2) is 6.29. The van der Waals surface area contributed by atoms with Gasteiger partial charge in [-0.2, -0.15) is 0 Å². The first-order valence-electron chi connectivity index (χ1n) is 7.21. The van der Waals surface area contributed by atoms with E-state index in [0.29, 0.717) is 0 Å². The Balaban J connectivity index is 1.81. The largest absolute Gasteiger partial charge is 0.458 e. The van der Waals surface area contributed by atoms with Gasteiger partial charge in [0.15, 0.2) is 0 Å². The van der Waals surface area contributed by atoms with Crippen LogP contribution in [0.25, 0.3) is 11.0 Å². The van der Waals surface area contributed by atoms with E-state index in [0.717, 1.165) is 59.6 Å². The van der Waals surface area contributed by atoms with E-state index < -0.39 is 0 Å². The molecule has 1 aromatic heterocycles. The molecule has 1 aromatic carbocycles. The first kappa shape index (κ1) is 14.1. The zero-order chi connectivity index (χ0) is 13.9. The summed E-state index contributed by atoms with van der Waals surface area (Å²) >= 11 is 3.55. The Bertz CT molecular complexity index is 575. The van der Waals surface area contributed by atoms with Gasteiger partial charge >= 0.3 is 0 Å². The zero-order valence-electron chi connectivity index (χ0n) is 11.7. The number of ether oxygens (including phenoxy) is 1. The first-order valence-corrected chi connectivity index (χ1v) is 8.00. The molecule has 2 aromatic rings. The lowest BCUT2D eigenvalue weighted by Crippen LogP contribution is -2.23. The minimum Gasteiger partial charge on any atom is -0.458 e. The van der Waals surface area contributed by atoms with Crippen molar-refractivity contribution < 1.29 is 9.15 Å². The van der Waals surface area contributed by atoms with Crippen LogP contribution in [0.5, 0.6) is 0 Å². The average molecular weight is 338 g/mol. The van der Waals surface area contributed by atoms with Gasteiger partial charge in [-0.25, -0.2) is 0 Å². The Morgan fingerprint density at radius 2 is 2.15 bits per heavy atom. The van der Waals surface area contributed by atoms with E-state index >= 15 is 0 Å². The molecule has 2 heterocycles. The van der Waals surface area contributed by atoms with Crippen LogP contribution in [-0.2, 0) is 4.74 Å². The highest BCUT2D eigenvalue weighted by atomic mass is 79.9. The molecule has 0 aliphatic carbocycles.